The van der Waals surface area contributed by atoms with Gasteiger partial charge in [-0.3, -0.25) is 4.90 Å². The van der Waals surface area contributed by atoms with Gasteiger partial charge in [0, 0.05) is 19.1 Å². The van der Waals surface area contributed by atoms with Crippen LogP contribution in [0, 0.1) is 5.92 Å². The second-order valence-electron chi connectivity index (χ2n) is 7.12. The number of aliphatic hydroxyl groups is 1. The molecule has 2 aliphatic rings. The molecule has 0 amide bonds. The highest BCUT2D eigenvalue weighted by molar-refractivity contribution is 5.02. The van der Waals surface area contributed by atoms with Crippen LogP contribution in [0.3, 0.4) is 0 Å². The van der Waals surface area contributed by atoms with Gasteiger partial charge in [-0.25, -0.2) is 0 Å². The highest BCUT2D eigenvalue weighted by Crippen LogP contribution is 2.27. The van der Waals surface area contributed by atoms with Crippen LogP contribution >= 0.6 is 0 Å². The highest BCUT2D eigenvalue weighted by atomic mass is 16.4. The van der Waals surface area contributed by atoms with E-state index in [9.17, 15) is 5.11 Å². The van der Waals surface area contributed by atoms with Gasteiger partial charge in [-0.1, -0.05) is 6.92 Å². The van der Waals surface area contributed by atoms with Gasteiger partial charge in [0.2, 0.25) is 0 Å². The minimum Gasteiger partial charge on any atom is -0.467 e. The molecule has 2 atom stereocenters. The Morgan fingerprint density at radius 3 is 2.77 bits per heavy atom. The lowest BCUT2D eigenvalue weighted by Crippen LogP contribution is -2.41. The summed E-state index contributed by atoms with van der Waals surface area (Å²) >= 11 is 0. The molecule has 0 saturated carbocycles. The molecule has 0 radical (unpaired) electrons. The van der Waals surface area contributed by atoms with E-state index >= 15 is 0 Å². The summed E-state index contributed by atoms with van der Waals surface area (Å²) in [6, 6.07) is 4.23. The normalized spacial score (nSPS) is 26.5. The monoisotopic (exact) mass is 306 g/mol. The first-order valence-electron chi connectivity index (χ1n) is 8.90. The summed E-state index contributed by atoms with van der Waals surface area (Å²) in [7, 11) is 0. The largest absolute Gasteiger partial charge is 0.467 e. The molecular weight excluding hydrogens is 276 g/mol. The van der Waals surface area contributed by atoms with E-state index in [1.165, 1.54) is 51.9 Å². The fourth-order valence-corrected chi connectivity index (χ4v) is 3.87. The van der Waals surface area contributed by atoms with Gasteiger partial charge in [-0.05, 0) is 69.8 Å². The standard InChI is InChI=1S/C18H30N2O2/c1-15-6-9-19(10-7-15)11-12-20-8-2-4-16(20)14-17(21)18-5-3-13-22-18/h3,5,13,15-17,21H,2,4,6-12,14H2,1H3. The molecule has 22 heavy (non-hydrogen) atoms. The van der Waals surface area contributed by atoms with E-state index in [1.54, 1.807) is 6.26 Å². The van der Waals surface area contributed by atoms with Crippen molar-refractivity contribution in [1.82, 2.24) is 9.80 Å². The molecule has 2 unspecified atom stereocenters. The molecule has 0 aromatic carbocycles. The molecule has 1 aromatic rings. The van der Waals surface area contributed by atoms with Crippen molar-refractivity contribution in [1.29, 1.82) is 0 Å². The van der Waals surface area contributed by atoms with Crippen molar-refractivity contribution < 1.29 is 9.52 Å². The lowest BCUT2D eigenvalue weighted by Gasteiger charge is -2.33. The third kappa shape index (κ3) is 4.12. The van der Waals surface area contributed by atoms with Crippen LogP contribution in [0.25, 0.3) is 0 Å². The number of hydrogen-bond acceptors (Lipinski definition) is 4. The average Bonchev–Trinajstić information content (AvgIpc) is 3.18. The maximum atomic E-state index is 10.3. The quantitative estimate of drug-likeness (QED) is 0.877. The molecule has 1 aromatic heterocycles. The number of furan rings is 1. The summed E-state index contributed by atoms with van der Waals surface area (Å²) in [6.45, 7) is 8.39. The first-order valence-corrected chi connectivity index (χ1v) is 8.90. The Bertz CT molecular complexity index is 426. The summed E-state index contributed by atoms with van der Waals surface area (Å²) < 4.78 is 5.33. The Morgan fingerprint density at radius 2 is 2.05 bits per heavy atom. The van der Waals surface area contributed by atoms with Crippen LogP contribution in [0.2, 0.25) is 0 Å². The Labute approximate surface area is 134 Å². The van der Waals surface area contributed by atoms with E-state index in [2.05, 4.69) is 16.7 Å². The zero-order valence-electron chi connectivity index (χ0n) is 13.8. The van der Waals surface area contributed by atoms with Crippen LogP contribution in [0.4, 0.5) is 0 Å². The second kappa shape index (κ2) is 7.62. The fourth-order valence-electron chi connectivity index (χ4n) is 3.87. The zero-order valence-corrected chi connectivity index (χ0v) is 13.8. The van der Waals surface area contributed by atoms with Crippen molar-refractivity contribution in [2.45, 2.75) is 51.2 Å². The van der Waals surface area contributed by atoms with Crippen molar-refractivity contribution in [3.8, 4) is 0 Å². The molecule has 4 nitrogen and oxygen atoms in total. The Kier molecular flexibility index (Phi) is 5.55. The van der Waals surface area contributed by atoms with E-state index in [0.29, 0.717) is 11.8 Å². The summed E-state index contributed by atoms with van der Waals surface area (Å²) in [4.78, 5) is 5.18. The van der Waals surface area contributed by atoms with Gasteiger partial charge in [0.15, 0.2) is 0 Å². The van der Waals surface area contributed by atoms with E-state index < -0.39 is 6.10 Å². The van der Waals surface area contributed by atoms with Crippen LogP contribution < -0.4 is 0 Å². The molecule has 4 heteroatoms. The van der Waals surface area contributed by atoms with Crippen LogP contribution in [0.5, 0.6) is 0 Å². The molecule has 0 spiro atoms. The van der Waals surface area contributed by atoms with Crippen LogP contribution in [-0.2, 0) is 0 Å². The maximum Gasteiger partial charge on any atom is 0.132 e. The number of hydrogen-bond donors (Lipinski definition) is 1. The first-order chi connectivity index (χ1) is 10.7. The van der Waals surface area contributed by atoms with E-state index in [1.807, 2.05) is 12.1 Å². The van der Waals surface area contributed by atoms with Gasteiger partial charge >= 0.3 is 0 Å². The lowest BCUT2D eigenvalue weighted by atomic mass is 9.99. The fraction of sp³-hybridized carbons (Fsp3) is 0.778. The molecule has 2 fully saturated rings. The van der Waals surface area contributed by atoms with Crippen molar-refractivity contribution in [2.24, 2.45) is 5.92 Å². The van der Waals surface area contributed by atoms with Crippen LogP contribution in [-0.4, -0.2) is 53.7 Å². The van der Waals surface area contributed by atoms with Gasteiger partial charge in [0.1, 0.15) is 11.9 Å². The van der Waals surface area contributed by atoms with Crippen molar-refractivity contribution in [2.75, 3.05) is 32.7 Å². The predicted molar refractivity (Wildman–Crippen MR) is 87.7 cm³/mol. The first kappa shape index (κ1) is 16.0. The summed E-state index contributed by atoms with van der Waals surface area (Å²) in [5.74, 6) is 1.61. The minimum absolute atomic E-state index is 0.462. The topological polar surface area (TPSA) is 39.9 Å². The summed E-state index contributed by atoms with van der Waals surface area (Å²) in [5, 5.41) is 10.3. The molecule has 3 heterocycles. The Morgan fingerprint density at radius 1 is 1.23 bits per heavy atom. The number of nitrogens with zero attached hydrogens (tertiary/aromatic N) is 2. The van der Waals surface area contributed by atoms with Gasteiger partial charge in [-0.2, -0.15) is 0 Å². The SMILES string of the molecule is CC1CCN(CCN2CCCC2CC(O)c2ccco2)CC1. The molecule has 1 N–H and O–H groups in total. The molecule has 0 aliphatic carbocycles. The number of likely N-dealkylation sites (tertiary alicyclic amines) is 2. The third-order valence-corrected chi connectivity index (χ3v) is 5.45. The third-order valence-electron chi connectivity index (χ3n) is 5.45. The van der Waals surface area contributed by atoms with E-state index in [4.69, 9.17) is 4.42 Å². The Balaban J connectivity index is 1.44. The number of piperidine rings is 1. The van der Waals surface area contributed by atoms with Gasteiger partial charge in [0.25, 0.3) is 0 Å². The number of aliphatic hydroxyl groups excluding tert-OH is 1. The molecular formula is C18H30N2O2. The zero-order chi connectivity index (χ0) is 15.4. The van der Waals surface area contributed by atoms with Crippen LogP contribution in [0.15, 0.2) is 22.8 Å². The number of rotatable bonds is 6. The molecule has 0 bridgehead atoms. The van der Waals surface area contributed by atoms with E-state index in [-0.39, 0.29) is 0 Å². The predicted octanol–water partition coefficient (Wildman–Crippen LogP) is 2.90. The average molecular weight is 306 g/mol. The maximum absolute atomic E-state index is 10.3. The second-order valence-corrected chi connectivity index (χ2v) is 7.12. The smallest absolute Gasteiger partial charge is 0.132 e. The van der Waals surface area contributed by atoms with Crippen molar-refractivity contribution in [3.63, 3.8) is 0 Å². The van der Waals surface area contributed by atoms with E-state index in [0.717, 1.165) is 18.9 Å². The lowest BCUT2D eigenvalue weighted by molar-refractivity contribution is 0.0936. The van der Waals surface area contributed by atoms with Gasteiger partial charge in [-0.15, -0.1) is 0 Å². The molecule has 3 rings (SSSR count). The molecule has 2 aliphatic heterocycles. The molecule has 124 valence electrons. The van der Waals surface area contributed by atoms with Crippen molar-refractivity contribution >= 4 is 0 Å². The summed E-state index contributed by atoms with van der Waals surface area (Å²) in [6.07, 6.45) is 7.13. The molecule has 2 saturated heterocycles. The van der Waals surface area contributed by atoms with Crippen molar-refractivity contribution in [3.05, 3.63) is 24.2 Å². The highest BCUT2D eigenvalue weighted by Gasteiger charge is 2.28. The summed E-state index contributed by atoms with van der Waals surface area (Å²) in [5.41, 5.74) is 0. The van der Waals surface area contributed by atoms with Gasteiger partial charge in [0.05, 0.1) is 6.26 Å². The van der Waals surface area contributed by atoms with Gasteiger partial charge < -0.3 is 14.4 Å². The Hall–Kier alpha value is -0.840. The van der Waals surface area contributed by atoms with Crippen LogP contribution in [0.1, 0.15) is 50.9 Å². The minimum atomic E-state index is -0.462.